The zero-order chi connectivity index (χ0) is 19.9. The number of piperidine rings is 1. The molecule has 1 amide bonds. The number of rotatable bonds is 5. The van der Waals surface area contributed by atoms with Gasteiger partial charge in [-0.25, -0.2) is 0 Å². The standard InChI is InChI=1S/C22H28N2O4/c1-14-9-15(2)13-24(12-14)21(25)22(7-8-22)20-11-18(28-23-20)16-5-6-17(26-3)19(10-16)27-4/h5-6,10-11,14-15H,7-9,12-13H2,1-4H3. The minimum absolute atomic E-state index is 0.207. The van der Waals surface area contributed by atoms with Gasteiger partial charge in [-0.3, -0.25) is 4.79 Å². The largest absolute Gasteiger partial charge is 0.493 e. The molecule has 0 spiro atoms. The van der Waals surface area contributed by atoms with Gasteiger partial charge in [-0.05, 0) is 49.3 Å². The summed E-state index contributed by atoms with van der Waals surface area (Å²) in [6.07, 6.45) is 2.86. The van der Waals surface area contributed by atoms with Gasteiger partial charge in [-0.1, -0.05) is 19.0 Å². The molecule has 6 heteroatoms. The molecular formula is C22H28N2O4. The Labute approximate surface area is 165 Å². The molecule has 0 N–H and O–H groups in total. The zero-order valence-corrected chi connectivity index (χ0v) is 17.0. The quantitative estimate of drug-likeness (QED) is 0.782. The fraction of sp³-hybridized carbons (Fsp3) is 0.545. The molecule has 2 aromatic rings. The third-order valence-corrected chi connectivity index (χ3v) is 5.98. The maximum absolute atomic E-state index is 13.3. The predicted octanol–water partition coefficient (Wildman–Crippen LogP) is 3.89. The summed E-state index contributed by atoms with van der Waals surface area (Å²) >= 11 is 0. The van der Waals surface area contributed by atoms with Crippen LogP contribution in [0.15, 0.2) is 28.8 Å². The van der Waals surface area contributed by atoms with Crippen LogP contribution in [0, 0.1) is 11.8 Å². The number of likely N-dealkylation sites (tertiary alicyclic amines) is 1. The van der Waals surface area contributed by atoms with Crippen LogP contribution in [-0.2, 0) is 10.2 Å². The minimum atomic E-state index is -0.505. The predicted molar refractivity (Wildman–Crippen MR) is 105 cm³/mol. The Morgan fingerprint density at radius 1 is 1.11 bits per heavy atom. The highest BCUT2D eigenvalue weighted by molar-refractivity contribution is 5.91. The first-order valence-electron chi connectivity index (χ1n) is 9.96. The van der Waals surface area contributed by atoms with E-state index in [1.165, 1.54) is 6.42 Å². The van der Waals surface area contributed by atoms with E-state index in [4.69, 9.17) is 14.0 Å². The first-order valence-corrected chi connectivity index (χ1v) is 9.96. The molecule has 1 saturated carbocycles. The van der Waals surface area contributed by atoms with E-state index in [9.17, 15) is 4.79 Å². The van der Waals surface area contributed by atoms with Gasteiger partial charge in [0.1, 0.15) is 0 Å². The SMILES string of the molecule is COc1ccc(-c2cc(C3(C(=O)N4CC(C)CC(C)C4)CC3)no2)cc1OC. The first kappa shape index (κ1) is 18.8. The zero-order valence-electron chi connectivity index (χ0n) is 17.0. The van der Waals surface area contributed by atoms with E-state index in [1.807, 2.05) is 29.2 Å². The van der Waals surface area contributed by atoms with E-state index < -0.39 is 5.41 Å². The first-order chi connectivity index (χ1) is 13.5. The topological polar surface area (TPSA) is 64.8 Å². The lowest BCUT2D eigenvalue weighted by Gasteiger charge is -2.36. The molecule has 1 aromatic heterocycles. The summed E-state index contributed by atoms with van der Waals surface area (Å²) in [5.74, 6) is 3.22. The molecule has 6 nitrogen and oxygen atoms in total. The summed E-state index contributed by atoms with van der Waals surface area (Å²) in [6, 6.07) is 7.51. The summed E-state index contributed by atoms with van der Waals surface area (Å²) in [6.45, 7) is 6.12. The minimum Gasteiger partial charge on any atom is -0.493 e. The van der Waals surface area contributed by atoms with Gasteiger partial charge in [0.05, 0.1) is 25.3 Å². The Hall–Kier alpha value is -2.50. The molecule has 2 fully saturated rings. The van der Waals surface area contributed by atoms with Crippen molar-refractivity contribution in [3.05, 3.63) is 30.0 Å². The molecule has 1 aliphatic carbocycles. The number of amides is 1. The molecule has 2 heterocycles. The van der Waals surface area contributed by atoms with Crippen molar-refractivity contribution < 1.29 is 18.8 Å². The number of aromatic nitrogens is 1. The number of hydrogen-bond acceptors (Lipinski definition) is 5. The summed E-state index contributed by atoms with van der Waals surface area (Å²) < 4.78 is 16.3. The average molecular weight is 384 g/mol. The van der Waals surface area contributed by atoms with E-state index in [0.717, 1.165) is 37.2 Å². The van der Waals surface area contributed by atoms with Crippen molar-refractivity contribution in [1.82, 2.24) is 10.1 Å². The molecule has 150 valence electrons. The van der Waals surface area contributed by atoms with Crippen LogP contribution in [-0.4, -0.2) is 43.3 Å². The molecule has 2 atom stereocenters. The van der Waals surface area contributed by atoms with E-state index >= 15 is 0 Å². The van der Waals surface area contributed by atoms with Crippen molar-refractivity contribution in [2.24, 2.45) is 11.8 Å². The highest BCUT2D eigenvalue weighted by Gasteiger charge is 2.55. The third-order valence-electron chi connectivity index (χ3n) is 5.98. The van der Waals surface area contributed by atoms with Crippen LogP contribution >= 0.6 is 0 Å². The normalized spacial score (nSPS) is 23.4. The molecule has 0 radical (unpaired) electrons. The smallest absolute Gasteiger partial charge is 0.234 e. The van der Waals surface area contributed by atoms with Gasteiger partial charge in [0.15, 0.2) is 17.3 Å². The number of methoxy groups -OCH3 is 2. The molecular weight excluding hydrogens is 356 g/mol. The number of carbonyl (C=O) groups is 1. The summed E-state index contributed by atoms with van der Waals surface area (Å²) in [5, 5.41) is 4.28. The molecule has 2 aliphatic rings. The molecule has 28 heavy (non-hydrogen) atoms. The fourth-order valence-electron chi connectivity index (χ4n) is 4.46. The maximum atomic E-state index is 13.3. The molecule has 2 unspecified atom stereocenters. The van der Waals surface area contributed by atoms with Gasteiger partial charge in [-0.2, -0.15) is 0 Å². The van der Waals surface area contributed by atoms with E-state index in [1.54, 1.807) is 14.2 Å². The number of benzene rings is 1. The maximum Gasteiger partial charge on any atom is 0.234 e. The molecule has 1 saturated heterocycles. The van der Waals surface area contributed by atoms with Gasteiger partial charge in [0, 0.05) is 24.7 Å². The molecule has 4 rings (SSSR count). The van der Waals surface area contributed by atoms with Crippen LogP contribution in [0.5, 0.6) is 11.5 Å². The van der Waals surface area contributed by atoms with Gasteiger partial charge in [-0.15, -0.1) is 0 Å². The van der Waals surface area contributed by atoms with Crippen molar-refractivity contribution >= 4 is 5.91 Å². The molecule has 1 aromatic carbocycles. The van der Waals surface area contributed by atoms with Gasteiger partial charge < -0.3 is 18.9 Å². The number of ether oxygens (including phenoxy) is 2. The van der Waals surface area contributed by atoms with Crippen LogP contribution in [0.25, 0.3) is 11.3 Å². The second-order valence-electron chi connectivity index (χ2n) is 8.38. The fourth-order valence-corrected chi connectivity index (χ4v) is 4.46. The van der Waals surface area contributed by atoms with Crippen molar-refractivity contribution in [2.45, 2.75) is 38.5 Å². The van der Waals surface area contributed by atoms with Gasteiger partial charge in [0.25, 0.3) is 0 Å². The van der Waals surface area contributed by atoms with Crippen LogP contribution < -0.4 is 9.47 Å². The van der Waals surface area contributed by atoms with E-state index in [2.05, 4.69) is 19.0 Å². The lowest BCUT2D eigenvalue weighted by atomic mass is 9.90. The van der Waals surface area contributed by atoms with Crippen LogP contribution in [0.1, 0.15) is 38.8 Å². The summed E-state index contributed by atoms with van der Waals surface area (Å²) in [4.78, 5) is 15.3. The van der Waals surface area contributed by atoms with Crippen LogP contribution in [0.2, 0.25) is 0 Å². The molecule has 0 bridgehead atoms. The average Bonchev–Trinajstić information content (AvgIpc) is 3.35. The van der Waals surface area contributed by atoms with Crippen molar-refractivity contribution in [2.75, 3.05) is 27.3 Å². The van der Waals surface area contributed by atoms with E-state index in [0.29, 0.717) is 29.1 Å². The Balaban J connectivity index is 1.58. The Bertz CT molecular complexity index is 861. The van der Waals surface area contributed by atoms with Crippen LogP contribution in [0.3, 0.4) is 0 Å². The lowest BCUT2D eigenvalue weighted by Crippen LogP contribution is -2.47. The van der Waals surface area contributed by atoms with Crippen molar-refractivity contribution in [1.29, 1.82) is 0 Å². The van der Waals surface area contributed by atoms with Gasteiger partial charge >= 0.3 is 0 Å². The number of nitrogens with zero attached hydrogens (tertiary/aromatic N) is 2. The highest BCUT2D eigenvalue weighted by Crippen LogP contribution is 2.50. The Morgan fingerprint density at radius 2 is 1.79 bits per heavy atom. The summed E-state index contributed by atoms with van der Waals surface area (Å²) in [7, 11) is 3.21. The second kappa shape index (κ2) is 7.15. The number of carbonyl (C=O) groups excluding carboxylic acids is 1. The number of hydrogen-bond donors (Lipinski definition) is 0. The van der Waals surface area contributed by atoms with Crippen molar-refractivity contribution in [3.63, 3.8) is 0 Å². The van der Waals surface area contributed by atoms with Gasteiger partial charge in [0.2, 0.25) is 5.91 Å². The molecule has 1 aliphatic heterocycles. The van der Waals surface area contributed by atoms with E-state index in [-0.39, 0.29) is 5.91 Å². The van der Waals surface area contributed by atoms with Crippen LogP contribution in [0.4, 0.5) is 0 Å². The summed E-state index contributed by atoms with van der Waals surface area (Å²) in [5.41, 5.74) is 1.09. The lowest BCUT2D eigenvalue weighted by molar-refractivity contribution is -0.136. The monoisotopic (exact) mass is 384 g/mol. The second-order valence-corrected chi connectivity index (χ2v) is 8.38. The van der Waals surface area contributed by atoms with Crippen molar-refractivity contribution in [3.8, 4) is 22.8 Å². The third kappa shape index (κ3) is 3.25. The Kier molecular flexibility index (Phi) is 4.81. The highest BCUT2D eigenvalue weighted by atomic mass is 16.5. The Morgan fingerprint density at radius 3 is 2.39 bits per heavy atom.